The third kappa shape index (κ3) is 4.03. The summed E-state index contributed by atoms with van der Waals surface area (Å²) < 4.78 is 5.60. The summed E-state index contributed by atoms with van der Waals surface area (Å²) in [5.41, 5.74) is 0.818. The maximum Gasteiger partial charge on any atom is 0.313 e. The Morgan fingerprint density at radius 1 is 1.29 bits per heavy atom. The SMILES string of the molecule is CCC(C(=O)OC1CCCCC1)c1ccc([N+](=O)[O-])cc1. The minimum absolute atomic E-state index is 0.0363. The number of nitro benzene ring substituents is 1. The molecule has 0 bridgehead atoms. The molecule has 0 saturated heterocycles. The normalized spacial score (nSPS) is 17.2. The van der Waals surface area contributed by atoms with Crippen LogP contribution in [-0.2, 0) is 9.53 Å². The van der Waals surface area contributed by atoms with Gasteiger partial charge in [-0.1, -0.05) is 25.5 Å². The Bertz CT molecular complexity index is 492. The van der Waals surface area contributed by atoms with Crippen molar-refractivity contribution in [3.05, 3.63) is 39.9 Å². The molecular weight excluding hydrogens is 270 g/mol. The summed E-state index contributed by atoms with van der Waals surface area (Å²) in [5, 5.41) is 10.7. The Morgan fingerprint density at radius 2 is 1.90 bits per heavy atom. The fourth-order valence-electron chi connectivity index (χ4n) is 2.80. The molecular formula is C16H21NO4. The number of hydrogen-bond donors (Lipinski definition) is 0. The van der Waals surface area contributed by atoms with E-state index in [1.807, 2.05) is 6.92 Å². The van der Waals surface area contributed by atoms with Gasteiger partial charge in [-0.3, -0.25) is 14.9 Å². The minimum Gasteiger partial charge on any atom is -0.462 e. The van der Waals surface area contributed by atoms with Crippen LogP contribution in [0.3, 0.4) is 0 Å². The van der Waals surface area contributed by atoms with Crippen molar-refractivity contribution in [2.45, 2.75) is 57.5 Å². The van der Waals surface area contributed by atoms with Gasteiger partial charge in [0, 0.05) is 12.1 Å². The van der Waals surface area contributed by atoms with Crippen molar-refractivity contribution in [2.75, 3.05) is 0 Å². The van der Waals surface area contributed by atoms with E-state index in [1.165, 1.54) is 18.6 Å². The molecule has 0 heterocycles. The predicted octanol–water partition coefficient (Wildman–Crippen LogP) is 3.96. The van der Waals surface area contributed by atoms with Crippen LogP contribution in [0.1, 0.15) is 56.9 Å². The molecule has 0 aromatic heterocycles. The molecule has 1 atom stereocenters. The van der Waals surface area contributed by atoms with Gasteiger partial charge in [0.05, 0.1) is 10.8 Å². The Kier molecular flexibility index (Phi) is 5.31. The van der Waals surface area contributed by atoms with Gasteiger partial charge in [-0.25, -0.2) is 0 Å². The minimum atomic E-state index is -0.439. The monoisotopic (exact) mass is 291 g/mol. The summed E-state index contributed by atoms with van der Waals surface area (Å²) in [6.07, 6.45) is 6.01. The van der Waals surface area contributed by atoms with Gasteiger partial charge < -0.3 is 4.74 Å². The summed E-state index contributed by atoms with van der Waals surface area (Å²) in [5.74, 6) is -0.550. The molecule has 0 N–H and O–H groups in total. The zero-order valence-electron chi connectivity index (χ0n) is 12.3. The van der Waals surface area contributed by atoms with Gasteiger partial charge in [-0.05, 0) is 37.7 Å². The first kappa shape index (κ1) is 15.5. The van der Waals surface area contributed by atoms with Gasteiger partial charge in [0.15, 0.2) is 0 Å². The molecule has 1 aromatic rings. The van der Waals surface area contributed by atoms with Crippen LogP contribution in [0.15, 0.2) is 24.3 Å². The molecule has 0 radical (unpaired) electrons. The first-order chi connectivity index (χ1) is 10.1. The maximum absolute atomic E-state index is 12.3. The van der Waals surface area contributed by atoms with Crippen molar-refractivity contribution >= 4 is 11.7 Å². The lowest BCUT2D eigenvalue weighted by Crippen LogP contribution is -2.24. The van der Waals surface area contributed by atoms with Crippen molar-refractivity contribution in [1.29, 1.82) is 0 Å². The Labute approximate surface area is 124 Å². The Balaban J connectivity index is 2.03. The van der Waals surface area contributed by atoms with Gasteiger partial charge in [-0.15, -0.1) is 0 Å². The standard InChI is InChI=1S/C16H21NO4/c1-2-15(12-8-10-13(11-9-12)17(19)20)16(18)21-14-6-4-3-5-7-14/h8-11,14-15H,2-7H2,1H3. The number of carbonyl (C=O) groups is 1. The average molecular weight is 291 g/mol. The van der Waals surface area contributed by atoms with Crippen molar-refractivity contribution in [2.24, 2.45) is 0 Å². The third-order valence-corrected chi connectivity index (χ3v) is 4.03. The summed E-state index contributed by atoms with van der Waals surface area (Å²) in [7, 11) is 0. The lowest BCUT2D eigenvalue weighted by molar-refractivity contribution is -0.384. The van der Waals surface area contributed by atoms with Crippen LogP contribution in [0.5, 0.6) is 0 Å². The number of nitrogens with zero attached hydrogens (tertiary/aromatic N) is 1. The van der Waals surface area contributed by atoms with E-state index in [2.05, 4.69) is 0 Å². The number of hydrogen-bond acceptors (Lipinski definition) is 4. The summed E-state index contributed by atoms with van der Waals surface area (Å²) in [6, 6.07) is 6.17. The molecule has 0 amide bonds. The van der Waals surface area contributed by atoms with Crippen LogP contribution < -0.4 is 0 Å². The lowest BCUT2D eigenvalue weighted by Gasteiger charge is -2.24. The van der Waals surface area contributed by atoms with E-state index in [0.717, 1.165) is 31.2 Å². The quantitative estimate of drug-likeness (QED) is 0.467. The average Bonchev–Trinajstić information content (AvgIpc) is 2.49. The number of carbonyl (C=O) groups excluding carboxylic acids is 1. The highest BCUT2D eigenvalue weighted by Gasteiger charge is 2.25. The molecule has 2 rings (SSSR count). The van der Waals surface area contributed by atoms with E-state index in [0.29, 0.717) is 6.42 Å². The van der Waals surface area contributed by atoms with E-state index in [-0.39, 0.29) is 23.7 Å². The molecule has 1 aliphatic rings. The van der Waals surface area contributed by atoms with E-state index >= 15 is 0 Å². The second-order valence-corrected chi connectivity index (χ2v) is 5.51. The lowest BCUT2D eigenvalue weighted by atomic mass is 9.95. The highest BCUT2D eigenvalue weighted by atomic mass is 16.6. The highest BCUT2D eigenvalue weighted by molar-refractivity contribution is 5.78. The van der Waals surface area contributed by atoms with Gasteiger partial charge in [-0.2, -0.15) is 0 Å². The van der Waals surface area contributed by atoms with E-state index < -0.39 is 4.92 Å². The van der Waals surface area contributed by atoms with Gasteiger partial charge >= 0.3 is 5.97 Å². The summed E-state index contributed by atoms with van der Waals surface area (Å²) in [4.78, 5) is 22.5. The molecule has 114 valence electrons. The number of benzene rings is 1. The molecule has 1 aliphatic carbocycles. The molecule has 21 heavy (non-hydrogen) atoms. The van der Waals surface area contributed by atoms with Gasteiger partial charge in [0.1, 0.15) is 6.10 Å². The van der Waals surface area contributed by atoms with Crippen LogP contribution in [0.25, 0.3) is 0 Å². The topological polar surface area (TPSA) is 69.4 Å². The van der Waals surface area contributed by atoms with Crippen molar-refractivity contribution in [1.82, 2.24) is 0 Å². The van der Waals surface area contributed by atoms with Gasteiger partial charge in [0.2, 0.25) is 0 Å². The Hall–Kier alpha value is -1.91. The molecule has 5 nitrogen and oxygen atoms in total. The van der Waals surface area contributed by atoms with Crippen LogP contribution in [0, 0.1) is 10.1 Å². The highest BCUT2D eigenvalue weighted by Crippen LogP contribution is 2.27. The molecule has 0 aliphatic heterocycles. The van der Waals surface area contributed by atoms with E-state index in [9.17, 15) is 14.9 Å². The Morgan fingerprint density at radius 3 is 2.43 bits per heavy atom. The fraction of sp³-hybridized carbons (Fsp3) is 0.562. The van der Waals surface area contributed by atoms with Gasteiger partial charge in [0.25, 0.3) is 5.69 Å². The van der Waals surface area contributed by atoms with Crippen molar-refractivity contribution in [3.63, 3.8) is 0 Å². The third-order valence-electron chi connectivity index (χ3n) is 4.03. The first-order valence-corrected chi connectivity index (χ1v) is 7.56. The fourth-order valence-corrected chi connectivity index (χ4v) is 2.80. The van der Waals surface area contributed by atoms with Crippen LogP contribution >= 0.6 is 0 Å². The van der Waals surface area contributed by atoms with Crippen LogP contribution in [-0.4, -0.2) is 17.0 Å². The number of ether oxygens (including phenoxy) is 1. The number of esters is 1. The molecule has 5 heteroatoms. The maximum atomic E-state index is 12.3. The first-order valence-electron chi connectivity index (χ1n) is 7.56. The second kappa shape index (κ2) is 7.20. The molecule has 1 unspecified atom stereocenters. The van der Waals surface area contributed by atoms with E-state index in [1.54, 1.807) is 12.1 Å². The predicted molar refractivity (Wildman–Crippen MR) is 79.1 cm³/mol. The van der Waals surface area contributed by atoms with Crippen molar-refractivity contribution < 1.29 is 14.5 Å². The number of non-ortho nitro benzene ring substituents is 1. The van der Waals surface area contributed by atoms with Crippen LogP contribution in [0.4, 0.5) is 5.69 Å². The van der Waals surface area contributed by atoms with E-state index in [4.69, 9.17) is 4.74 Å². The number of nitro groups is 1. The molecule has 1 aromatic carbocycles. The molecule has 0 spiro atoms. The zero-order valence-corrected chi connectivity index (χ0v) is 12.3. The zero-order chi connectivity index (χ0) is 15.2. The number of rotatable bonds is 5. The smallest absolute Gasteiger partial charge is 0.313 e. The molecule has 1 fully saturated rings. The second-order valence-electron chi connectivity index (χ2n) is 5.51. The summed E-state index contributed by atoms with van der Waals surface area (Å²) >= 11 is 0. The largest absolute Gasteiger partial charge is 0.462 e. The van der Waals surface area contributed by atoms with Crippen molar-refractivity contribution in [3.8, 4) is 0 Å². The molecule has 1 saturated carbocycles. The van der Waals surface area contributed by atoms with Crippen LogP contribution in [0.2, 0.25) is 0 Å². The summed E-state index contributed by atoms with van der Waals surface area (Å²) in [6.45, 7) is 1.92.